The number of aromatic nitrogens is 2. The van der Waals surface area contributed by atoms with Crippen LogP contribution in [0.4, 0.5) is 0 Å². The SMILES string of the molecule is Clc1ccc2sc3c(Cl)nc(Cl)nc3c2c1. The molecule has 0 N–H and O–H groups in total. The molecule has 2 heterocycles. The van der Waals surface area contributed by atoms with Gasteiger partial charge in [-0.15, -0.1) is 11.3 Å². The van der Waals surface area contributed by atoms with E-state index in [1.807, 2.05) is 18.2 Å². The van der Waals surface area contributed by atoms with E-state index in [2.05, 4.69) is 9.97 Å². The Bertz CT molecular complexity index is 708. The summed E-state index contributed by atoms with van der Waals surface area (Å²) >= 11 is 19.3. The Morgan fingerprint density at radius 2 is 1.88 bits per heavy atom. The van der Waals surface area contributed by atoms with Gasteiger partial charge in [-0.2, -0.15) is 0 Å². The highest BCUT2D eigenvalue weighted by atomic mass is 35.5. The molecule has 0 radical (unpaired) electrons. The van der Waals surface area contributed by atoms with Gasteiger partial charge in [-0.1, -0.05) is 23.2 Å². The fourth-order valence-electron chi connectivity index (χ4n) is 1.56. The van der Waals surface area contributed by atoms with Gasteiger partial charge < -0.3 is 0 Å². The highest BCUT2D eigenvalue weighted by Gasteiger charge is 2.12. The Morgan fingerprint density at radius 3 is 2.69 bits per heavy atom. The molecule has 0 aliphatic carbocycles. The summed E-state index contributed by atoms with van der Waals surface area (Å²) in [6, 6.07) is 5.63. The molecule has 3 aromatic rings. The van der Waals surface area contributed by atoms with Gasteiger partial charge in [-0.05, 0) is 29.8 Å². The van der Waals surface area contributed by atoms with Crippen molar-refractivity contribution in [3.05, 3.63) is 33.7 Å². The Morgan fingerprint density at radius 1 is 1.06 bits per heavy atom. The molecule has 0 fully saturated rings. The van der Waals surface area contributed by atoms with Crippen molar-refractivity contribution in [1.29, 1.82) is 0 Å². The molecule has 0 amide bonds. The minimum Gasteiger partial charge on any atom is -0.216 e. The van der Waals surface area contributed by atoms with Crippen molar-refractivity contribution in [3.63, 3.8) is 0 Å². The molecular formula is C10H3Cl3N2S. The van der Waals surface area contributed by atoms with E-state index in [0.717, 1.165) is 20.3 Å². The topological polar surface area (TPSA) is 25.8 Å². The Balaban J connectivity index is 2.57. The first-order chi connectivity index (χ1) is 7.65. The third-order valence-electron chi connectivity index (χ3n) is 2.21. The zero-order chi connectivity index (χ0) is 11.3. The van der Waals surface area contributed by atoms with Crippen molar-refractivity contribution in [3.8, 4) is 0 Å². The summed E-state index contributed by atoms with van der Waals surface area (Å²) in [5.41, 5.74) is 0.757. The maximum absolute atomic E-state index is 6.02. The van der Waals surface area contributed by atoms with E-state index in [4.69, 9.17) is 34.8 Å². The van der Waals surface area contributed by atoms with Crippen LogP contribution < -0.4 is 0 Å². The van der Waals surface area contributed by atoms with Crippen LogP contribution in [0.5, 0.6) is 0 Å². The number of fused-ring (bicyclic) bond motifs is 3. The fraction of sp³-hybridized carbons (Fsp3) is 0. The highest BCUT2D eigenvalue weighted by molar-refractivity contribution is 7.26. The van der Waals surface area contributed by atoms with Crippen molar-refractivity contribution in [2.45, 2.75) is 0 Å². The second-order valence-corrected chi connectivity index (χ2v) is 5.39. The van der Waals surface area contributed by atoms with Crippen molar-refractivity contribution in [2.24, 2.45) is 0 Å². The summed E-state index contributed by atoms with van der Waals surface area (Å²) in [5, 5.41) is 2.15. The molecule has 6 heteroatoms. The summed E-state index contributed by atoms with van der Waals surface area (Å²) in [6.07, 6.45) is 0. The molecule has 0 spiro atoms. The van der Waals surface area contributed by atoms with Gasteiger partial charge in [0.25, 0.3) is 0 Å². The minimum absolute atomic E-state index is 0.150. The number of benzene rings is 1. The van der Waals surface area contributed by atoms with Crippen LogP contribution >= 0.6 is 46.1 Å². The molecule has 2 aromatic heterocycles. The van der Waals surface area contributed by atoms with Crippen LogP contribution in [0.25, 0.3) is 20.3 Å². The van der Waals surface area contributed by atoms with Crippen molar-refractivity contribution >= 4 is 66.4 Å². The number of halogens is 3. The highest BCUT2D eigenvalue weighted by Crippen LogP contribution is 2.37. The van der Waals surface area contributed by atoms with E-state index in [0.29, 0.717) is 10.2 Å². The standard InChI is InChI=1S/C10H3Cl3N2S/c11-4-1-2-6-5(3-4)7-8(16-6)9(12)15-10(13)14-7/h1-3H. The van der Waals surface area contributed by atoms with Gasteiger partial charge in [-0.3, -0.25) is 0 Å². The molecule has 0 bridgehead atoms. The number of hydrogen-bond acceptors (Lipinski definition) is 3. The fourth-order valence-corrected chi connectivity index (χ4v) is 3.23. The lowest BCUT2D eigenvalue weighted by molar-refractivity contribution is 1.23. The van der Waals surface area contributed by atoms with Gasteiger partial charge in [0.05, 0.1) is 10.2 Å². The predicted molar refractivity (Wildman–Crippen MR) is 70.0 cm³/mol. The van der Waals surface area contributed by atoms with E-state index in [1.54, 1.807) is 0 Å². The molecule has 16 heavy (non-hydrogen) atoms. The Kier molecular flexibility index (Phi) is 2.44. The molecule has 3 rings (SSSR count). The summed E-state index contributed by atoms with van der Waals surface area (Å²) in [7, 11) is 0. The van der Waals surface area contributed by atoms with Crippen LogP contribution in [-0.2, 0) is 0 Å². The van der Waals surface area contributed by atoms with E-state index < -0.39 is 0 Å². The van der Waals surface area contributed by atoms with Crippen LogP contribution in [0, 0.1) is 0 Å². The van der Waals surface area contributed by atoms with Gasteiger partial charge in [0.2, 0.25) is 5.28 Å². The lowest BCUT2D eigenvalue weighted by atomic mass is 10.2. The van der Waals surface area contributed by atoms with Crippen LogP contribution in [0.3, 0.4) is 0 Å². The first-order valence-electron chi connectivity index (χ1n) is 4.36. The second kappa shape index (κ2) is 3.70. The van der Waals surface area contributed by atoms with Crippen molar-refractivity contribution in [2.75, 3.05) is 0 Å². The molecule has 0 aliphatic heterocycles. The normalized spacial score (nSPS) is 11.4. The average molecular weight is 290 g/mol. The van der Waals surface area contributed by atoms with Crippen molar-refractivity contribution < 1.29 is 0 Å². The van der Waals surface area contributed by atoms with E-state index in [-0.39, 0.29) is 5.28 Å². The molecule has 0 saturated carbocycles. The number of nitrogens with zero attached hydrogens (tertiary/aromatic N) is 2. The van der Waals surface area contributed by atoms with Gasteiger partial charge >= 0.3 is 0 Å². The average Bonchev–Trinajstić information content (AvgIpc) is 2.57. The predicted octanol–water partition coefficient (Wildman–Crippen LogP) is 4.80. The zero-order valence-corrected chi connectivity index (χ0v) is 10.8. The van der Waals surface area contributed by atoms with E-state index in [1.165, 1.54) is 11.3 Å². The number of rotatable bonds is 0. The maximum atomic E-state index is 6.02. The van der Waals surface area contributed by atoms with Crippen molar-refractivity contribution in [1.82, 2.24) is 9.97 Å². The first kappa shape index (κ1) is 10.5. The van der Waals surface area contributed by atoms with Crippen LogP contribution in [0.1, 0.15) is 0 Å². The summed E-state index contributed by atoms with van der Waals surface area (Å²) in [5.74, 6) is 0. The molecule has 2 nitrogen and oxygen atoms in total. The lowest BCUT2D eigenvalue weighted by Gasteiger charge is -1.94. The second-order valence-electron chi connectivity index (χ2n) is 3.20. The molecule has 0 unspecified atom stereocenters. The molecule has 80 valence electrons. The Labute approximate surface area is 110 Å². The lowest BCUT2D eigenvalue weighted by Crippen LogP contribution is -1.82. The number of thiophene rings is 1. The largest absolute Gasteiger partial charge is 0.224 e. The maximum Gasteiger partial charge on any atom is 0.224 e. The Hall–Kier alpha value is -0.610. The van der Waals surface area contributed by atoms with Crippen LogP contribution in [-0.4, -0.2) is 9.97 Å². The monoisotopic (exact) mass is 288 g/mol. The molecule has 0 atom stereocenters. The molecule has 0 aliphatic rings. The minimum atomic E-state index is 0.150. The quantitative estimate of drug-likeness (QED) is 0.438. The smallest absolute Gasteiger partial charge is 0.216 e. The summed E-state index contributed by atoms with van der Waals surface area (Å²) < 4.78 is 1.90. The van der Waals surface area contributed by atoms with Gasteiger partial charge in [0.1, 0.15) is 0 Å². The third kappa shape index (κ3) is 1.55. The summed E-state index contributed by atoms with van der Waals surface area (Å²) in [4.78, 5) is 8.10. The third-order valence-corrected chi connectivity index (χ3v) is 4.16. The number of hydrogen-bond donors (Lipinski definition) is 0. The van der Waals surface area contributed by atoms with Crippen LogP contribution in [0.2, 0.25) is 15.5 Å². The van der Waals surface area contributed by atoms with E-state index >= 15 is 0 Å². The summed E-state index contributed by atoms with van der Waals surface area (Å²) in [6.45, 7) is 0. The van der Waals surface area contributed by atoms with Gasteiger partial charge in [0, 0.05) is 15.1 Å². The zero-order valence-electron chi connectivity index (χ0n) is 7.67. The van der Waals surface area contributed by atoms with Crippen LogP contribution in [0.15, 0.2) is 18.2 Å². The van der Waals surface area contributed by atoms with Gasteiger partial charge in [-0.25, -0.2) is 9.97 Å². The van der Waals surface area contributed by atoms with Gasteiger partial charge in [0.15, 0.2) is 5.15 Å². The molecule has 0 saturated heterocycles. The molecular weight excluding hydrogens is 287 g/mol. The first-order valence-corrected chi connectivity index (χ1v) is 6.31. The molecule has 1 aromatic carbocycles. The van der Waals surface area contributed by atoms with E-state index in [9.17, 15) is 0 Å².